The molecule has 0 fully saturated rings. The molecule has 0 aliphatic heterocycles. The average Bonchev–Trinajstić information content (AvgIpc) is 3.32. The van der Waals surface area contributed by atoms with Gasteiger partial charge in [-0.05, 0) is 51.4 Å². The van der Waals surface area contributed by atoms with E-state index in [1.54, 1.807) is 0 Å². The fourth-order valence-corrected chi connectivity index (χ4v) is 9.46. The summed E-state index contributed by atoms with van der Waals surface area (Å²) in [5.41, 5.74) is 0. The summed E-state index contributed by atoms with van der Waals surface area (Å²) < 4.78 is 5.49. The number of hydrogen-bond donors (Lipinski definition) is 3. The van der Waals surface area contributed by atoms with Crippen molar-refractivity contribution in [2.24, 2.45) is 0 Å². The summed E-state index contributed by atoms with van der Waals surface area (Å²) in [6.07, 6.45) is 66.4. The summed E-state index contributed by atoms with van der Waals surface area (Å²) in [6, 6.07) is -0.550. The molecule has 0 aliphatic carbocycles. The van der Waals surface area contributed by atoms with Crippen LogP contribution in [0.1, 0.15) is 335 Å². The first-order valence-electron chi connectivity index (χ1n) is 29.9. The minimum atomic E-state index is -0.671. The van der Waals surface area contributed by atoms with Crippen LogP contribution in [0.15, 0.2) is 12.2 Å². The molecule has 1 amide bonds. The first-order valence-corrected chi connectivity index (χ1v) is 29.9. The highest BCUT2D eigenvalue weighted by Crippen LogP contribution is 2.18. The van der Waals surface area contributed by atoms with Crippen LogP contribution in [-0.2, 0) is 14.3 Å². The van der Waals surface area contributed by atoms with Crippen molar-refractivity contribution < 1.29 is 24.5 Å². The van der Waals surface area contributed by atoms with Crippen molar-refractivity contribution in [1.82, 2.24) is 5.32 Å². The molecule has 0 radical (unpaired) electrons. The Kier molecular flexibility index (Phi) is 55.0. The number of amides is 1. The van der Waals surface area contributed by atoms with E-state index in [4.69, 9.17) is 4.74 Å². The molecular formula is C60H117NO5. The minimum Gasteiger partial charge on any atom is -0.466 e. The standard InChI is InChI=1S/C60H117NO5/c1-3-5-7-9-11-13-15-17-19-22-26-30-34-38-42-46-50-54-60(65)66-55-51-47-43-39-35-31-27-24-21-20-23-25-29-33-37-41-45-49-53-59(64)61-57(56-62)58(63)52-48-44-40-36-32-28-18-16-14-12-10-8-6-4-2/h23,25,57-58,62-63H,3-22,24,26-56H2,1-2H3,(H,61,64)/b25-23-. The molecular weight excluding hydrogens is 815 g/mol. The quantitative estimate of drug-likeness (QED) is 0.0321. The summed E-state index contributed by atoms with van der Waals surface area (Å²) in [5, 5.41) is 23.2. The predicted molar refractivity (Wildman–Crippen MR) is 287 cm³/mol. The van der Waals surface area contributed by atoms with Crippen LogP contribution in [0.25, 0.3) is 0 Å². The third-order valence-corrected chi connectivity index (χ3v) is 14.1. The van der Waals surface area contributed by atoms with E-state index < -0.39 is 12.1 Å². The minimum absolute atomic E-state index is 0.00752. The molecule has 0 bridgehead atoms. The van der Waals surface area contributed by atoms with Crippen LogP contribution in [0.3, 0.4) is 0 Å². The van der Waals surface area contributed by atoms with E-state index in [-0.39, 0.29) is 18.5 Å². The van der Waals surface area contributed by atoms with Gasteiger partial charge in [-0.25, -0.2) is 0 Å². The molecule has 66 heavy (non-hydrogen) atoms. The molecule has 2 unspecified atom stereocenters. The summed E-state index contributed by atoms with van der Waals surface area (Å²) in [6.45, 7) is 4.96. The van der Waals surface area contributed by atoms with Crippen LogP contribution in [-0.4, -0.2) is 47.4 Å². The number of ether oxygens (including phenoxy) is 1. The molecule has 6 nitrogen and oxygen atoms in total. The Morgan fingerprint density at radius 2 is 0.712 bits per heavy atom. The molecule has 0 aromatic heterocycles. The van der Waals surface area contributed by atoms with Gasteiger partial charge in [0.1, 0.15) is 0 Å². The Hall–Kier alpha value is -1.40. The molecule has 6 heteroatoms. The second kappa shape index (κ2) is 56.2. The summed E-state index contributed by atoms with van der Waals surface area (Å²) >= 11 is 0. The van der Waals surface area contributed by atoms with E-state index in [9.17, 15) is 19.8 Å². The van der Waals surface area contributed by atoms with Gasteiger partial charge in [-0.2, -0.15) is 0 Å². The number of aliphatic hydroxyl groups excluding tert-OH is 2. The Morgan fingerprint density at radius 3 is 1.08 bits per heavy atom. The fourth-order valence-electron chi connectivity index (χ4n) is 9.46. The second-order valence-electron chi connectivity index (χ2n) is 20.7. The van der Waals surface area contributed by atoms with Gasteiger partial charge in [0.25, 0.3) is 0 Å². The van der Waals surface area contributed by atoms with E-state index >= 15 is 0 Å². The molecule has 3 N–H and O–H groups in total. The van der Waals surface area contributed by atoms with Crippen molar-refractivity contribution in [1.29, 1.82) is 0 Å². The SMILES string of the molecule is CCCCCCCCCCCCCCCCCCCC(=O)OCCCCCCCCCCC/C=C\CCCCCCCC(=O)NC(CO)C(O)CCCCCCCCCCCCCCCC. The number of aliphatic hydroxyl groups is 2. The zero-order chi connectivity index (χ0) is 47.9. The Balaban J connectivity index is 3.41. The monoisotopic (exact) mass is 932 g/mol. The van der Waals surface area contributed by atoms with E-state index in [1.807, 2.05) is 0 Å². The van der Waals surface area contributed by atoms with Gasteiger partial charge in [0, 0.05) is 12.8 Å². The third kappa shape index (κ3) is 52.0. The molecule has 0 aromatic carbocycles. The van der Waals surface area contributed by atoms with E-state index in [0.29, 0.717) is 25.9 Å². The third-order valence-electron chi connectivity index (χ3n) is 14.1. The number of hydrogen-bond acceptors (Lipinski definition) is 5. The lowest BCUT2D eigenvalue weighted by molar-refractivity contribution is -0.143. The zero-order valence-corrected chi connectivity index (χ0v) is 44.7. The van der Waals surface area contributed by atoms with Crippen LogP contribution in [0.5, 0.6) is 0 Å². The zero-order valence-electron chi connectivity index (χ0n) is 44.7. The number of carbonyl (C=O) groups excluding carboxylic acids is 2. The largest absolute Gasteiger partial charge is 0.466 e. The van der Waals surface area contributed by atoms with Gasteiger partial charge < -0.3 is 20.3 Å². The maximum Gasteiger partial charge on any atom is 0.305 e. The van der Waals surface area contributed by atoms with Crippen molar-refractivity contribution in [2.75, 3.05) is 13.2 Å². The normalized spacial score (nSPS) is 12.6. The number of nitrogens with one attached hydrogen (secondary N) is 1. The number of esters is 1. The van der Waals surface area contributed by atoms with Gasteiger partial charge >= 0.3 is 5.97 Å². The predicted octanol–water partition coefficient (Wildman–Crippen LogP) is 18.5. The molecule has 0 aliphatic rings. The van der Waals surface area contributed by atoms with Gasteiger partial charge in [-0.15, -0.1) is 0 Å². The van der Waals surface area contributed by atoms with Crippen LogP contribution in [0.4, 0.5) is 0 Å². The number of carbonyl (C=O) groups is 2. The van der Waals surface area contributed by atoms with Crippen LogP contribution in [0, 0.1) is 0 Å². The van der Waals surface area contributed by atoms with Crippen LogP contribution in [0.2, 0.25) is 0 Å². The summed E-state index contributed by atoms with van der Waals surface area (Å²) in [4.78, 5) is 24.5. The maximum absolute atomic E-state index is 12.5. The Bertz CT molecular complexity index is 986. The van der Waals surface area contributed by atoms with Gasteiger partial charge in [0.05, 0.1) is 25.4 Å². The number of rotatable bonds is 56. The summed E-state index contributed by atoms with van der Waals surface area (Å²) in [5.74, 6) is -0.0400. The van der Waals surface area contributed by atoms with Crippen LogP contribution < -0.4 is 5.32 Å². The first kappa shape index (κ1) is 64.6. The lowest BCUT2D eigenvalue weighted by Crippen LogP contribution is -2.45. The smallest absolute Gasteiger partial charge is 0.305 e. The van der Waals surface area contributed by atoms with Gasteiger partial charge in [0.2, 0.25) is 5.91 Å². The maximum atomic E-state index is 12.5. The highest BCUT2D eigenvalue weighted by atomic mass is 16.5. The van der Waals surface area contributed by atoms with Crippen molar-refractivity contribution >= 4 is 11.9 Å². The lowest BCUT2D eigenvalue weighted by Gasteiger charge is -2.22. The highest BCUT2D eigenvalue weighted by molar-refractivity contribution is 5.76. The van der Waals surface area contributed by atoms with E-state index in [2.05, 4.69) is 31.3 Å². The Morgan fingerprint density at radius 1 is 0.409 bits per heavy atom. The van der Waals surface area contributed by atoms with Gasteiger partial charge in [-0.1, -0.05) is 283 Å². The highest BCUT2D eigenvalue weighted by Gasteiger charge is 2.20. The molecule has 0 rings (SSSR count). The Labute approximate surface area is 412 Å². The van der Waals surface area contributed by atoms with E-state index in [0.717, 1.165) is 51.4 Å². The fraction of sp³-hybridized carbons (Fsp3) is 0.933. The molecule has 0 saturated carbocycles. The molecule has 0 aromatic rings. The first-order chi connectivity index (χ1) is 32.5. The average molecular weight is 933 g/mol. The molecule has 0 spiro atoms. The van der Waals surface area contributed by atoms with Crippen molar-refractivity contribution in [2.45, 2.75) is 347 Å². The molecule has 0 saturated heterocycles. The number of unbranched alkanes of at least 4 members (excludes halogenated alkanes) is 43. The van der Waals surface area contributed by atoms with E-state index in [1.165, 1.54) is 250 Å². The van der Waals surface area contributed by atoms with Gasteiger partial charge in [-0.3, -0.25) is 9.59 Å². The van der Waals surface area contributed by atoms with Crippen molar-refractivity contribution in [3.8, 4) is 0 Å². The second-order valence-corrected chi connectivity index (χ2v) is 20.7. The molecule has 0 heterocycles. The topological polar surface area (TPSA) is 95.9 Å². The molecule has 2 atom stereocenters. The summed E-state index contributed by atoms with van der Waals surface area (Å²) in [7, 11) is 0. The molecule has 392 valence electrons. The number of allylic oxidation sites excluding steroid dienone is 2. The van der Waals surface area contributed by atoms with Gasteiger partial charge in [0.15, 0.2) is 0 Å². The lowest BCUT2D eigenvalue weighted by atomic mass is 10.0. The van der Waals surface area contributed by atoms with Crippen molar-refractivity contribution in [3.63, 3.8) is 0 Å². The van der Waals surface area contributed by atoms with Crippen LogP contribution >= 0.6 is 0 Å². The van der Waals surface area contributed by atoms with Crippen molar-refractivity contribution in [3.05, 3.63) is 12.2 Å².